The first kappa shape index (κ1) is 11.6. The lowest BCUT2D eigenvalue weighted by Gasteiger charge is -2.40. The van der Waals surface area contributed by atoms with Crippen LogP contribution in [-0.4, -0.2) is 38.8 Å². The number of rotatable bonds is 2. The van der Waals surface area contributed by atoms with Gasteiger partial charge in [0.25, 0.3) is 0 Å². The highest BCUT2D eigenvalue weighted by Crippen LogP contribution is 2.49. The van der Waals surface area contributed by atoms with E-state index in [-0.39, 0.29) is 0 Å². The molecule has 3 nitrogen and oxygen atoms in total. The normalized spacial score (nSPS) is 28.3. The molecule has 0 spiro atoms. The molecule has 102 valence electrons. The van der Waals surface area contributed by atoms with E-state index >= 15 is 0 Å². The summed E-state index contributed by atoms with van der Waals surface area (Å²) < 4.78 is 0. The highest BCUT2D eigenvalue weighted by atomic mass is 15.3. The molecular formula is C16H23N3. The van der Waals surface area contributed by atoms with Crippen molar-refractivity contribution in [2.75, 3.05) is 42.5 Å². The highest BCUT2D eigenvalue weighted by Gasteiger charge is 2.42. The van der Waals surface area contributed by atoms with Crippen LogP contribution >= 0.6 is 0 Å². The number of hydrogen-bond donors (Lipinski definition) is 1. The predicted molar refractivity (Wildman–Crippen MR) is 80.3 cm³/mol. The van der Waals surface area contributed by atoms with Crippen LogP contribution in [0.3, 0.4) is 0 Å². The molecule has 0 amide bonds. The quantitative estimate of drug-likeness (QED) is 0.876. The maximum atomic E-state index is 3.58. The van der Waals surface area contributed by atoms with Gasteiger partial charge in [-0.05, 0) is 31.0 Å². The van der Waals surface area contributed by atoms with Gasteiger partial charge in [-0.3, -0.25) is 0 Å². The standard InChI is InChI=1S/C16H23N3/c1-2-8-18-9-10-19-14-6-7-17-11-13(14)12-4-3-5-15(18)16(12)19/h3-5,13-14,17H,2,6-11H2,1H3. The summed E-state index contributed by atoms with van der Waals surface area (Å²) >= 11 is 0. The van der Waals surface area contributed by atoms with Crippen LogP contribution in [0.25, 0.3) is 0 Å². The topological polar surface area (TPSA) is 18.5 Å². The van der Waals surface area contributed by atoms with E-state index in [0.717, 1.165) is 12.6 Å². The van der Waals surface area contributed by atoms with Crippen LogP contribution in [0.1, 0.15) is 31.2 Å². The lowest BCUT2D eigenvalue weighted by molar-refractivity contribution is 0.402. The van der Waals surface area contributed by atoms with E-state index in [1.807, 2.05) is 0 Å². The molecule has 3 aliphatic heterocycles. The van der Waals surface area contributed by atoms with Crippen LogP contribution in [0.15, 0.2) is 18.2 Å². The molecule has 2 atom stereocenters. The Morgan fingerprint density at radius 3 is 3.16 bits per heavy atom. The van der Waals surface area contributed by atoms with Crippen molar-refractivity contribution in [2.24, 2.45) is 0 Å². The van der Waals surface area contributed by atoms with Crippen molar-refractivity contribution in [1.82, 2.24) is 5.32 Å². The van der Waals surface area contributed by atoms with Crippen molar-refractivity contribution in [3.8, 4) is 0 Å². The van der Waals surface area contributed by atoms with E-state index in [1.165, 1.54) is 44.7 Å². The number of nitrogens with zero attached hydrogens (tertiary/aromatic N) is 2. The molecule has 3 heteroatoms. The third kappa shape index (κ3) is 1.61. The summed E-state index contributed by atoms with van der Waals surface area (Å²) in [6, 6.07) is 7.70. The molecule has 1 N–H and O–H groups in total. The van der Waals surface area contributed by atoms with Gasteiger partial charge in [-0.2, -0.15) is 0 Å². The Kier molecular flexibility index (Phi) is 2.69. The fraction of sp³-hybridized carbons (Fsp3) is 0.625. The maximum absolute atomic E-state index is 3.58. The van der Waals surface area contributed by atoms with Crippen molar-refractivity contribution < 1.29 is 0 Å². The number of para-hydroxylation sites is 1. The molecule has 3 aliphatic rings. The molecule has 4 rings (SSSR count). The Hall–Kier alpha value is -1.22. The van der Waals surface area contributed by atoms with E-state index in [9.17, 15) is 0 Å². The van der Waals surface area contributed by atoms with Crippen LogP contribution in [0, 0.1) is 0 Å². The molecule has 0 radical (unpaired) electrons. The van der Waals surface area contributed by atoms with Crippen LogP contribution < -0.4 is 15.1 Å². The zero-order valence-corrected chi connectivity index (χ0v) is 11.7. The molecule has 1 fully saturated rings. The monoisotopic (exact) mass is 257 g/mol. The Morgan fingerprint density at radius 2 is 2.26 bits per heavy atom. The average Bonchev–Trinajstić information content (AvgIpc) is 2.79. The van der Waals surface area contributed by atoms with Gasteiger partial charge in [0.2, 0.25) is 0 Å². The fourth-order valence-electron chi connectivity index (χ4n) is 4.25. The summed E-state index contributed by atoms with van der Waals surface area (Å²) in [6.07, 6.45) is 2.53. The van der Waals surface area contributed by atoms with Crippen LogP contribution in [-0.2, 0) is 0 Å². The van der Waals surface area contributed by atoms with Crippen molar-refractivity contribution in [3.63, 3.8) is 0 Å². The number of anilines is 2. The molecule has 0 aliphatic carbocycles. The minimum atomic E-state index is 0.713. The third-order valence-corrected chi connectivity index (χ3v) is 5.02. The van der Waals surface area contributed by atoms with Crippen molar-refractivity contribution in [2.45, 2.75) is 31.7 Å². The summed E-state index contributed by atoms with van der Waals surface area (Å²) in [4.78, 5) is 5.29. The number of benzene rings is 1. The summed E-state index contributed by atoms with van der Waals surface area (Å²) in [5, 5.41) is 3.58. The van der Waals surface area contributed by atoms with Crippen LogP contribution in [0.5, 0.6) is 0 Å². The zero-order chi connectivity index (χ0) is 12.8. The second-order valence-corrected chi connectivity index (χ2v) is 6.06. The minimum Gasteiger partial charge on any atom is -0.368 e. The average molecular weight is 257 g/mol. The number of piperidine rings is 1. The Balaban J connectivity index is 1.80. The molecule has 19 heavy (non-hydrogen) atoms. The second-order valence-electron chi connectivity index (χ2n) is 6.06. The molecular weight excluding hydrogens is 234 g/mol. The predicted octanol–water partition coefficient (Wildman–Crippen LogP) is 2.18. The Morgan fingerprint density at radius 1 is 1.32 bits per heavy atom. The molecule has 0 saturated carbocycles. The van der Waals surface area contributed by atoms with Crippen molar-refractivity contribution in [3.05, 3.63) is 23.8 Å². The molecule has 0 bridgehead atoms. The smallest absolute Gasteiger partial charge is 0.0644 e. The van der Waals surface area contributed by atoms with Crippen LogP contribution in [0.2, 0.25) is 0 Å². The second kappa shape index (κ2) is 4.41. The van der Waals surface area contributed by atoms with E-state index in [0.29, 0.717) is 5.92 Å². The highest BCUT2D eigenvalue weighted by molar-refractivity contribution is 5.81. The molecule has 1 aromatic carbocycles. The van der Waals surface area contributed by atoms with Crippen molar-refractivity contribution in [1.29, 1.82) is 0 Å². The van der Waals surface area contributed by atoms with Crippen LogP contribution in [0.4, 0.5) is 11.4 Å². The van der Waals surface area contributed by atoms with Gasteiger partial charge in [-0.1, -0.05) is 19.1 Å². The van der Waals surface area contributed by atoms with E-state index in [2.05, 4.69) is 40.2 Å². The van der Waals surface area contributed by atoms with E-state index < -0.39 is 0 Å². The van der Waals surface area contributed by atoms with Gasteiger partial charge in [0.1, 0.15) is 0 Å². The molecule has 3 heterocycles. The lowest BCUT2D eigenvalue weighted by Crippen LogP contribution is -2.48. The number of nitrogens with one attached hydrogen (secondary N) is 1. The summed E-state index contributed by atoms with van der Waals surface area (Å²) in [5.41, 5.74) is 4.64. The zero-order valence-electron chi connectivity index (χ0n) is 11.7. The third-order valence-electron chi connectivity index (χ3n) is 5.02. The minimum absolute atomic E-state index is 0.713. The van der Waals surface area contributed by atoms with Crippen molar-refractivity contribution >= 4 is 11.4 Å². The molecule has 0 aromatic heterocycles. The molecule has 2 unspecified atom stereocenters. The number of fused-ring (bicyclic) bond motifs is 3. The van der Waals surface area contributed by atoms with Gasteiger partial charge in [0, 0.05) is 38.1 Å². The van der Waals surface area contributed by atoms with Gasteiger partial charge in [-0.25, -0.2) is 0 Å². The fourth-order valence-corrected chi connectivity index (χ4v) is 4.25. The summed E-state index contributed by atoms with van der Waals surface area (Å²) in [7, 11) is 0. The maximum Gasteiger partial charge on any atom is 0.0644 e. The lowest BCUT2D eigenvalue weighted by atomic mass is 9.90. The summed E-state index contributed by atoms with van der Waals surface area (Å²) in [6.45, 7) is 8.22. The SMILES string of the molecule is CCCN1CCN2c3c(cccc31)C1CNCCC12. The van der Waals surface area contributed by atoms with Gasteiger partial charge >= 0.3 is 0 Å². The van der Waals surface area contributed by atoms with Gasteiger partial charge in [-0.15, -0.1) is 0 Å². The summed E-state index contributed by atoms with van der Waals surface area (Å²) in [5.74, 6) is 0.713. The van der Waals surface area contributed by atoms with Gasteiger partial charge in [0.15, 0.2) is 0 Å². The first-order valence-electron chi connectivity index (χ1n) is 7.75. The van der Waals surface area contributed by atoms with E-state index in [1.54, 1.807) is 11.3 Å². The Labute approximate surface area is 115 Å². The first-order valence-corrected chi connectivity index (χ1v) is 7.75. The molecule has 1 aromatic rings. The van der Waals surface area contributed by atoms with Gasteiger partial charge in [0.05, 0.1) is 11.4 Å². The Bertz CT molecular complexity index is 485. The largest absolute Gasteiger partial charge is 0.368 e. The number of hydrogen-bond acceptors (Lipinski definition) is 3. The van der Waals surface area contributed by atoms with Gasteiger partial charge < -0.3 is 15.1 Å². The van der Waals surface area contributed by atoms with E-state index in [4.69, 9.17) is 0 Å². The molecule has 1 saturated heterocycles. The first-order chi connectivity index (χ1) is 9.40.